The zero-order chi connectivity index (χ0) is 14.4. The Bertz CT molecular complexity index is 651. The summed E-state index contributed by atoms with van der Waals surface area (Å²) in [6, 6.07) is 17.6. The highest BCUT2D eigenvalue weighted by atomic mass is 32.2. The van der Waals surface area contributed by atoms with Crippen LogP contribution in [-0.2, 0) is 10.0 Å². The van der Waals surface area contributed by atoms with Crippen LogP contribution in [0.15, 0.2) is 78.2 Å². The van der Waals surface area contributed by atoms with E-state index in [1.165, 1.54) is 0 Å². The van der Waals surface area contributed by atoms with Crippen molar-refractivity contribution in [2.45, 2.75) is 17.4 Å². The number of rotatable bonds is 6. The molecule has 4 heteroatoms. The van der Waals surface area contributed by atoms with Gasteiger partial charge < -0.3 is 0 Å². The predicted molar refractivity (Wildman–Crippen MR) is 80.8 cm³/mol. The van der Waals surface area contributed by atoms with E-state index in [9.17, 15) is 8.42 Å². The molecule has 2 aromatic rings. The highest BCUT2D eigenvalue weighted by Gasteiger charge is 2.20. The maximum Gasteiger partial charge on any atom is 0.241 e. The highest BCUT2D eigenvalue weighted by Crippen LogP contribution is 2.20. The molecule has 0 saturated carbocycles. The lowest BCUT2D eigenvalue weighted by molar-refractivity contribution is 0.557. The summed E-state index contributed by atoms with van der Waals surface area (Å²) in [6.45, 7) is 3.69. The first-order chi connectivity index (χ1) is 9.63. The molecule has 0 saturated heterocycles. The van der Waals surface area contributed by atoms with Gasteiger partial charge >= 0.3 is 0 Å². The van der Waals surface area contributed by atoms with E-state index in [1.807, 2.05) is 30.3 Å². The van der Waals surface area contributed by atoms with Gasteiger partial charge in [0.25, 0.3) is 0 Å². The summed E-state index contributed by atoms with van der Waals surface area (Å²) in [7, 11) is -3.53. The van der Waals surface area contributed by atoms with E-state index < -0.39 is 10.0 Å². The van der Waals surface area contributed by atoms with Crippen molar-refractivity contribution in [1.82, 2.24) is 4.72 Å². The van der Waals surface area contributed by atoms with E-state index in [1.54, 1.807) is 36.4 Å². The maximum absolute atomic E-state index is 12.3. The van der Waals surface area contributed by atoms with E-state index >= 15 is 0 Å². The number of hydrogen-bond donors (Lipinski definition) is 1. The summed E-state index contributed by atoms with van der Waals surface area (Å²) in [5, 5.41) is 0. The van der Waals surface area contributed by atoms with Crippen LogP contribution in [0.1, 0.15) is 18.0 Å². The lowest BCUT2D eigenvalue weighted by Gasteiger charge is -2.17. The van der Waals surface area contributed by atoms with Gasteiger partial charge in [-0.25, -0.2) is 13.1 Å². The zero-order valence-corrected chi connectivity index (χ0v) is 11.9. The lowest BCUT2D eigenvalue weighted by atomic mass is 10.1. The average Bonchev–Trinajstić information content (AvgIpc) is 2.48. The molecular formula is C16H17NO2S. The molecule has 0 unspecified atom stereocenters. The molecule has 0 spiro atoms. The number of hydrogen-bond acceptors (Lipinski definition) is 2. The molecule has 0 radical (unpaired) electrons. The van der Waals surface area contributed by atoms with E-state index in [4.69, 9.17) is 0 Å². The number of sulfonamides is 1. The SMILES string of the molecule is C=CC[C@@H](NS(=O)(=O)c1ccccc1)c1ccccc1. The Labute approximate surface area is 120 Å². The van der Waals surface area contributed by atoms with Gasteiger partial charge in [0.05, 0.1) is 10.9 Å². The van der Waals surface area contributed by atoms with Crippen molar-refractivity contribution in [3.63, 3.8) is 0 Å². The Morgan fingerprint density at radius 1 is 1.00 bits per heavy atom. The van der Waals surface area contributed by atoms with Gasteiger partial charge in [0.2, 0.25) is 10.0 Å². The average molecular weight is 287 g/mol. The van der Waals surface area contributed by atoms with E-state index in [-0.39, 0.29) is 10.9 Å². The third-order valence-electron chi connectivity index (χ3n) is 2.96. The topological polar surface area (TPSA) is 46.2 Å². The molecule has 0 amide bonds. The second-order valence-corrected chi connectivity index (χ2v) is 6.14. The third kappa shape index (κ3) is 3.56. The Balaban J connectivity index is 2.27. The normalized spacial score (nSPS) is 12.8. The molecule has 104 valence electrons. The van der Waals surface area contributed by atoms with Crippen molar-refractivity contribution < 1.29 is 8.42 Å². The first-order valence-electron chi connectivity index (χ1n) is 6.37. The van der Waals surface area contributed by atoms with Crippen LogP contribution < -0.4 is 4.72 Å². The van der Waals surface area contributed by atoms with Crippen LogP contribution in [0.4, 0.5) is 0 Å². The number of benzene rings is 2. The Morgan fingerprint density at radius 2 is 1.55 bits per heavy atom. The monoisotopic (exact) mass is 287 g/mol. The largest absolute Gasteiger partial charge is 0.241 e. The molecule has 2 aromatic carbocycles. The lowest BCUT2D eigenvalue weighted by Crippen LogP contribution is -2.28. The van der Waals surface area contributed by atoms with Crippen molar-refractivity contribution in [3.8, 4) is 0 Å². The van der Waals surface area contributed by atoms with Gasteiger partial charge in [-0.2, -0.15) is 0 Å². The smallest absolute Gasteiger partial charge is 0.207 e. The molecule has 20 heavy (non-hydrogen) atoms. The summed E-state index contributed by atoms with van der Waals surface area (Å²) >= 11 is 0. The fraction of sp³-hybridized carbons (Fsp3) is 0.125. The fourth-order valence-corrected chi connectivity index (χ4v) is 3.22. The van der Waals surface area contributed by atoms with E-state index in [0.717, 1.165) is 5.56 Å². The van der Waals surface area contributed by atoms with E-state index in [0.29, 0.717) is 6.42 Å². The maximum atomic E-state index is 12.3. The molecule has 0 aliphatic heterocycles. The van der Waals surface area contributed by atoms with Crippen molar-refractivity contribution in [2.24, 2.45) is 0 Å². The van der Waals surface area contributed by atoms with Crippen molar-refractivity contribution in [3.05, 3.63) is 78.9 Å². The number of nitrogens with one attached hydrogen (secondary N) is 1. The highest BCUT2D eigenvalue weighted by molar-refractivity contribution is 7.89. The van der Waals surface area contributed by atoms with Gasteiger partial charge in [-0.15, -0.1) is 6.58 Å². The second-order valence-electron chi connectivity index (χ2n) is 4.42. The minimum absolute atomic E-state index is 0.269. The summed E-state index contributed by atoms with van der Waals surface area (Å²) < 4.78 is 27.4. The summed E-state index contributed by atoms with van der Waals surface area (Å²) in [5.74, 6) is 0. The summed E-state index contributed by atoms with van der Waals surface area (Å²) in [4.78, 5) is 0.269. The molecule has 1 N–H and O–H groups in total. The van der Waals surface area contributed by atoms with Crippen LogP contribution in [0.2, 0.25) is 0 Å². The van der Waals surface area contributed by atoms with Crippen LogP contribution in [0.25, 0.3) is 0 Å². The van der Waals surface area contributed by atoms with Crippen LogP contribution >= 0.6 is 0 Å². The van der Waals surface area contributed by atoms with Crippen LogP contribution in [-0.4, -0.2) is 8.42 Å². The molecule has 1 atom stereocenters. The quantitative estimate of drug-likeness (QED) is 0.829. The van der Waals surface area contributed by atoms with Crippen molar-refractivity contribution in [1.29, 1.82) is 0 Å². The first-order valence-corrected chi connectivity index (χ1v) is 7.85. The molecule has 0 aliphatic rings. The van der Waals surface area contributed by atoms with Gasteiger partial charge in [0, 0.05) is 0 Å². The van der Waals surface area contributed by atoms with Crippen LogP contribution in [0.5, 0.6) is 0 Å². The second kappa shape index (κ2) is 6.50. The molecular weight excluding hydrogens is 270 g/mol. The minimum atomic E-state index is -3.53. The Hall–Kier alpha value is -1.91. The predicted octanol–water partition coefficient (Wildman–Crippen LogP) is 3.28. The van der Waals surface area contributed by atoms with E-state index in [2.05, 4.69) is 11.3 Å². The molecule has 2 rings (SSSR count). The van der Waals surface area contributed by atoms with Gasteiger partial charge in [-0.3, -0.25) is 0 Å². The molecule has 0 heterocycles. The zero-order valence-electron chi connectivity index (χ0n) is 11.1. The Morgan fingerprint density at radius 3 is 2.10 bits per heavy atom. The molecule has 0 aliphatic carbocycles. The van der Waals surface area contributed by atoms with Crippen LogP contribution in [0, 0.1) is 0 Å². The summed E-state index contributed by atoms with van der Waals surface area (Å²) in [5.41, 5.74) is 0.923. The van der Waals surface area contributed by atoms with Gasteiger partial charge in [0.1, 0.15) is 0 Å². The molecule has 3 nitrogen and oxygen atoms in total. The molecule has 0 bridgehead atoms. The molecule has 0 aromatic heterocycles. The van der Waals surface area contributed by atoms with Crippen molar-refractivity contribution in [2.75, 3.05) is 0 Å². The van der Waals surface area contributed by atoms with Gasteiger partial charge in [-0.05, 0) is 24.1 Å². The van der Waals surface area contributed by atoms with Crippen LogP contribution in [0.3, 0.4) is 0 Å². The van der Waals surface area contributed by atoms with Crippen molar-refractivity contribution >= 4 is 10.0 Å². The van der Waals surface area contributed by atoms with Gasteiger partial charge in [-0.1, -0.05) is 54.6 Å². The first kappa shape index (κ1) is 14.5. The third-order valence-corrected chi connectivity index (χ3v) is 4.44. The van der Waals surface area contributed by atoms with Gasteiger partial charge in [0.15, 0.2) is 0 Å². The minimum Gasteiger partial charge on any atom is -0.207 e. The fourth-order valence-electron chi connectivity index (χ4n) is 1.96. The Kier molecular flexibility index (Phi) is 4.71. The summed E-state index contributed by atoms with van der Waals surface area (Å²) in [6.07, 6.45) is 2.25. The molecule has 0 fully saturated rings. The standard InChI is InChI=1S/C16H17NO2S/c1-2-9-16(14-10-5-3-6-11-14)17-20(18,19)15-12-7-4-8-13-15/h2-8,10-13,16-17H,1,9H2/t16-/m1/s1.